The number of anilines is 3. The molecule has 0 saturated heterocycles. The second-order valence-electron chi connectivity index (χ2n) is 12.5. The molecule has 0 spiro atoms. The van der Waals surface area contributed by atoms with Crippen LogP contribution in [0.5, 0.6) is 0 Å². The highest BCUT2D eigenvalue weighted by molar-refractivity contribution is 6.14. The Morgan fingerprint density at radius 1 is 0.360 bits per heavy atom. The summed E-state index contributed by atoms with van der Waals surface area (Å²) >= 11 is 0. The molecule has 3 nitrogen and oxygen atoms in total. The molecule has 0 atom stereocenters. The fourth-order valence-corrected chi connectivity index (χ4v) is 7.09. The van der Waals surface area contributed by atoms with E-state index in [0.29, 0.717) is 0 Å². The molecule has 0 aliphatic heterocycles. The molecule has 3 heteroatoms. The van der Waals surface area contributed by atoms with Crippen molar-refractivity contribution in [3.63, 3.8) is 0 Å². The first kappa shape index (κ1) is 29.4. The number of pyridine rings is 1. The van der Waals surface area contributed by atoms with E-state index in [1.165, 1.54) is 22.3 Å². The van der Waals surface area contributed by atoms with Gasteiger partial charge in [0.05, 0.1) is 23.1 Å². The summed E-state index contributed by atoms with van der Waals surface area (Å²) in [5.41, 5.74) is 13.4. The van der Waals surface area contributed by atoms with Crippen LogP contribution in [0, 0.1) is 0 Å². The summed E-state index contributed by atoms with van der Waals surface area (Å²) in [5, 5.41) is 7.44. The van der Waals surface area contributed by atoms with E-state index in [1.54, 1.807) is 0 Å². The van der Waals surface area contributed by atoms with Crippen LogP contribution in [-0.2, 0) is 0 Å². The van der Waals surface area contributed by atoms with Gasteiger partial charge in [-0.25, -0.2) is 4.52 Å². The van der Waals surface area contributed by atoms with Crippen LogP contribution in [0.1, 0.15) is 0 Å². The Kier molecular flexibility index (Phi) is 7.49. The van der Waals surface area contributed by atoms with Gasteiger partial charge >= 0.3 is 0 Å². The quantitative estimate of drug-likeness (QED) is 0.173. The van der Waals surface area contributed by atoms with Crippen LogP contribution in [0.15, 0.2) is 200 Å². The van der Waals surface area contributed by atoms with Crippen molar-refractivity contribution in [2.75, 3.05) is 4.90 Å². The Morgan fingerprint density at radius 2 is 0.760 bits per heavy atom. The fourth-order valence-electron chi connectivity index (χ4n) is 7.09. The first-order valence-electron chi connectivity index (χ1n) is 17.0. The van der Waals surface area contributed by atoms with Crippen molar-refractivity contribution in [3.8, 4) is 44.6 Å². The maximum absolute atomic E-state index is 5.15. The maximum atomic E-state index is 5.15. The molecule has 50 heavy (non-hydrogen) atoms. The van der Waals surface area contributed by atoms with Crippen molar-refractivity contribution < 1.29 is 0 Å². The zero-order valence-electron chi connectivity index (χ0n) is 27.4. The second-order valence-corrected chi connectivity index (χ2v) is 12.5. The SMILES string of the molecule is c1ccc(-c2ccc(N(c3ccc(-c4ccccc4)cc3)c3c(-c4ccccc4)n4ncc(-c5ccccc5)c4c4ccccc34)cc2)cc1. The molecule has 0 unspecified atom stereocenters. The van der Waals surface area contributed by atoms with Gasteiger partial charge in [-0.2, -0.15) is 5.10 Å². The molecule has 0 saturated carbocycles. The highest BCUT2D eigenvalue weighted by atomic mass is 15.3. The van der Waals surface area contributed by atoms with Gasteiger partial charge in [-0.15, -0.1) is 0 Å². The first-order valence-corrected chi connectivity index (χ1v) is 17.0. The van der Waals surface area contributed by atoms with Gasteiger partial charge in [0, 0.05) is 33.3 Å². The summed E-state index contributed by atoms with van der Waals surface area (Å²) < 4.78 is 2.15. The molecule has 0 bridgehead atoms. The highest BCUT2D eigenvalue weighted by Gasteiger charge is 2.26. The Balaban J connectivity index is 1.34. The van der Waals surface area contributed by atoms with Crippen molar-refractivity contribution in [3.05, 3.63) is 200 Å². The minimum absolute atomic E-state index is 1.03. The first-order chi connectivity index (χ1) is 24.8. The molecule has 0 fully saturated rings. The standard InChI is InChI=1S/C47H33N3/c1-5-15-34(16-6-1)36-25-29-40(30-26-36)49(41-31-27-37(28-32-41)35-17-7-2-8-18-35)47-43-24-14-13-23-42(43)46-44(38-19-9-3-10-20-38)33-48-50(46)45(47)39-21-11-4-12-22-39/h1-33H. The minimum atomic E-state index is 1.03. The molecule has 0 radical (unpaired) electrons. The Morgan fingerprint density at radius 3 is 1.26 bits per heavy atom. The van der Waals surface area contributed by atoms with Crippen LogP contribution in [-0.4, -0.2) is 9.61 Å². The molecule has 0 aliphatic carbocycles. The average Bonchev–Trinajstić information content (AvgIpc) is 3.65. The normalized spacial score (nSPS) is 11.2. The predicted molar refractivity (Wildman–Crippen MR) is 209 cm³/mol. The van der Waals surface area contributed by atoms with Gasteiger partial charge in [0.2, 0.25) is 0 Å². The van der Waals surface area contributed by atoms with E-state index in [1.807, 2.05) is 6.20 Å². The topological polar surface area (TPSA) is 20.5 Å². The number of hydrogen-bond acceptors (Lipinski definition) is 2. The minimum Gasteiger partial charge on any atom is -0.308 e. The molecule has 236 valence electrons. The Hall–Kier alpha value is -6.71. The van der Waals surface area contributed by atoms with E-state index < -0.39 is 0 Å². The van der Waals surface area contributed by atoms with Crippen molar-refractivity contribution in [1.29, 1.82) is 0 Å². The molecule has 0 amide bonds. The molecular formula is C47H33N3. The van der Waals surface area contributed by atoms with E-state index in [-0.39, 0.29) is 0 Å². The summed E-state index contributed by atoms with van der Waals surface area (Å²) in [6.45, 7) is 0. The summed E-state index contributed by atoms with van der Waals surface area (Å²) in [4.78, 5) is 2.40. The zero-order valence-corrected chi connectivity index (χ0v) is 27.4. The molecule has 0 aliphatic rings. The molecule has 9 rings (SSSR count). The monoisotopic (exact) mass is 639 g/mol. The van der Waals surface area contributed by atoms with E-state index in [2.05, 4.69) is 204 Å². The molecular weight excluding hydrogens is 607 g/mol. The van der Waals surface area contributed by atoms with Crippen LogP contribution in [0.25, 0.3) is 60.9 Å². The number of nitrogens with zero attached hydrogens (tertiary/aromatic N) is 3. The highest BCUT2D eigenvalue weighted by Crippen LogP contribution is 2.48. The lowest BCUT2D eigenvalue weighted by Crippen LogP contribution is -2.14. The maximum Gasteiger partial charge on any atom is 0.0972 e. The summed E-state index contributed by atoms with van der Waals surface area (Å²) in [6.07, 6.45) is 2.01. The van der Waals surface area contributed by atoms with Gasteiger partial charge in [-0.1, -0.05) is 170 Å². The van der Waals surface area contributed by atoms with Gasteiger partial charge < -0.3 is 4.90 Å². The van der Waals surface area contributed by atoms with Crippen LogP contribution in [0.3, 0.4) is 0 Å². The lowest BCUT2D eigenvalue weighted by atomic mass is 9.97. The third-order valence-electron chi connectivity index (χ3n) is 9.46. The summed E-state index contributed by atoms with van der Waals surface area (Å²) in [5.74, 6) is 0. The number of rotatable bonds is 7. The number of hydrogen-bond donors (Lipinski definition) is 0. The smallest absolute Gasteiger partial charge is 0.0972 e. The lowest BCUT2D eigenvalue weighted by molar-refractivity contribution is 0.972. The van der Waals surface area contributed by atoms with Crippen molar-refractivity contribution in [2.45, 2.75) is 0 Å². The summed E-state index contributed by atoms with van der Waals surface area (Å²) in [7, 11) is 0. The van der Waals surface area contributed by atoms with Crippen LogP contribution >= 0.6 is 0 Å². The van der Waals surface area contributed by atoms with E-state index in [0.717, 1.165) is 55.7 Å². The van der Waals surface area contributed by atoms with Crippen LogP contribution in [0.4, 0.5) is 17.1 Å². The van der Waals surface area contributed by atoms with E-state index >= 15 is 0 Å². The number of aromatic nitrogens is 2. The molecule has 7 aromatic carbocycles. The van der Waals surface area contributed by atoms with Gasteiger partial charge in [-0.3, -0.25) is 0 Å². The van der Waals surface area contributed by atoms with E-state index in [9.17, 15) is 0 Å². The third-order valence-corrected chi connectivity index (χ3v) is 9.46. The van der Waals surface area contributed by atoms with Crippen molar-refractivity contribution in [1.82, 2.24) is 9.61 Å². The largest absolute Gasteiger partial charge is 0.308 e. The average molecular weight is 640 g/mol. The van der Waals surface area contributed by atoms with Gasteiger partial charge in [0.25, 0.3) is 0 Å². The molecule has 9 aromatic rings. The Bertz CT molecular complexity index is 2460. The van der Waals surface area contributed by atoms with Gasteiger partial charge in [0.15, 0.2) is 0 Å². The van der Waals surface area contributed by atoms with Crippen LogP contribution in [0.2, 0.25) is 0 Å². The fraction of sp³-hybridized carbons (Fsp3) is 0. The Labute approximate surface area is 292 Å². The molecule has 0 N–H and O–H groups in total. The van der Waals surface area contributed by atoms with Gasteiger partial charge in [-0.05, 0) is 52.1 Å². The van der Waals surface area contributed by atoms with E-state index in [4.69, 9.17) is 5.10 Å². The van der Waals surface area contributed by atoms with Crippen molar-refractivity contribution >= 4 is 33.4 Å². The summed E-state index contributed by atoms with van der Waals surface area (Å²) in [6, 6.07) is 68.9. The second kappa shape index (κ2) is 12.7. The number of benzene rings is 7. The van der Waals surface area contributed by atoms with Crippen LogP contribution < -0.4 is 4.90 Å². The van der Waals surface area contributed by atoms with Crippen molar-refractivity contribution in [2.24, 2.45) is 0 Å². The molecule has 2 heterocycles. The predicted octanol–water partition coefficient (Wildman–Crippen LogP) is 12.6. The number of fused-ring (bicyclic) bond motifs is 3. The molecule has 2 aromatic heterocycles. The third kappa shape index (κ3) is 5.22. The zero-order chi connectivity index (χ0) is 33.3. The van der Waals surface area contributed by atoms with Gasteiger partial charge in [0.1, 0.15) is 0 Å². The lowest BCUT2D eigenvalue weighted by Gasteiger charge is -2.30.